The number of alkyl halides is 3. The van der Waals surface area contributed by atoms with E-state index in [0.717, 1.165) is 16.9 Å². The first kappa shape index (κ1) is 31.9. The lowest BCUT2D eigenvalue weighted by Gasteiger charge is -2.23. The highest BCUT2D eigenvalue weighted by Gasteiger charge is 2.41. The van der Waals surface area contributed by atoms with Gasteiger partial charge in [0.25, 0.3) is 0 Å². The number of carbonyl (C=O) groups excluding carboxylic acids is 3. The molecule has 43 heavy (non-hydrogen) atoms. The third kappa shape index (κ3) is 8.53. The minimum absolute atomic E-state index is 0.0734. The minimum atomic E-state index is -4.59. The number of hydrogen-bond acceptors (Lipinski definition) is 7. The average molecular weight is 621 g/mol. The van der Waals surface area contributed by atoms with Crippen molar-refractivity contribution in [1.82, 2.24) is 10.2 Å². The topological polar surface area (TPSA) is 118 Å². The summed E-state index contributed by atoms with van der Waals surface area (Å²) in [6.07, 6.45) is -3.56. The number of amides is 3. The second kappa shape index (κ2) is 14.0. The van der Waals surface area contributed by atoms with E-state index >= 15 is 0 Å². The van der Waals surface area contributed by atoms with E-state index < -0.39 is 35.2 Å². The van der Waals surface area contributed by atoms with Gasteiger partial charge in [0, 0.05) is 43.1 Å². The van der Waals surface area contributed by atoms with Gasteiger partial charge in [0.2, 0.25) is 17.7 Å². The van der Waals surface area contributed by atoms with Crippen LogP contribution in [-0.4, -0.2) is 72.1 Å². The molecule has 1 saturated heterocycles. The molecule has 14 heteroatoms. The summed E-state index contributed by atoms with van der Waals surface area (Å²) in [5.41, 5.74) is 3.04. The molecule has 2 aliphatic rings. The van der Waals surface area contributed by atoms with Gasteiger partial charge in [-0.1, -0.05) is 6.07 Å². The molecule has 0 bridgehead atoms. The first-order chi connectivity index (χ1) is 20.5. The van der Waals surface area contributed by atoms with E-state index in [9.17, 15) is 37.2 Å². The summed E-state index contributed by atoms with van der Waals surface area (Å²) in [6.45, 7) is 1.75. The molecule has 3 amide bonds. The zero-order valence-electron chi connectivity index (χ0n) is 23.4. The van der Waals surface area contributed by atoms with Crippen LogP contribution in [0.25, 0.3) is 0 Å². The zero-order chi connectivity index (χ0) is 31.1. The van der Waals surface area contributed by atoms with Gasteiger partial charge in [-0.05, 0) is 61.7 Å². The largest absolute Gasteiger partial charge is 0.405 e. The van der Waals surface area contributed by atoms with Crippen LogP contribution in [0.2, 0.25) is 0 Å². The molecule has 3 N–H and O–H groups in total. The van der Waals surface area contributed by atoms with Crippen LogP contribution in [-0.2, 0) is 20.8 Å². The third-order valence-corrected chi connectivity index (χ3v) is 8.72. The molecule has 2 aliphatic heterocycles. The Balaban J connectivity index is 1.26. The Morgan fingerprint density at radius 2 is 1.95 bits per heavy atom. The standard InChI is InChI=1S/C29H32F4N6O3S/c1-2-39-26(13-19(15-34)27(41)36-17-29(31,32)33)43-24(28(39)42)8-10-35-21-4-3-5-22(14-21)37-25(40)16-38-11-9-18-12-20(30)6-7-23(18)38/h3-7,12,14,19,24,26,35H,2,8-11,13,16-17H2,1H3,(H,36,41)(H,37,40). The summed E-state index contributed by atoms with van der Waals surface area (Å²) in [4.78, 5) is 41.3. The molecule has 9 nitrogen and oxygen atoms in total. The van der Waals surface area contributed by atoms with Crippen molar-refractivity contribution in [2.24, 2.45) is 5.92 Å². The number of anilines is 3. The number of hydrogen-bond donors (Lipinski definition) is 3. The van der Waals surface area contributed by atoms with Gasteiger partial charge in [-0.15, -0.1) is 11.8 Å². The molecule has 3 atom stereocenters. The molecule has 0 saturated carbocycles. The Labute approximate surface area is 251 Å². The van der Waals surface area contributed by atoms with E-state index in [1.807, 2.05) is 11.0 Å². The number of fused-ring (bicyclic) bond motifs is 1. The fourth-order valence-corrected chi connectivity index (χ4v) is 6.73. The maximum Gasteiger partial charge on any atom is 0.405 e. The van der Waals surface area contributed by atoms with Crippen LogP contribution >= 0.6 is 11.8 Å². The number of benzene rings is 2. The lowest BCUT2D eigenvalue weighted by Crippen LogP contribution is -2.40. The molecule has 1 fully saturated rings. The molecule has 0 aromatic heterocycles. The van der Waals surface area contributed by atoms with Gasteiger partial charge >= 0.3 is 6.18 Å². The van der Waals surface area contributed by atoms with E-state index in [1.54, 1.807) is 47.5 Å². The van der Waals surface area contributed by atoms with Gasteiger partial charge < -0.3 is 25.8 Å². The van der Waals surface area contributed by atoms with Gasteiger partial charge in [-0.25, -0.2) is 4.39 Å². The highest BCUT2D eigenvalue weighted by Crippen LogP contribution is 2.37. The number of halogens is 4. The highest BCUT2D eigenvalue weighted by molar-refractivity contribution is 8.01. The van der Waals surface area contributed by atoms with Crippen molar-refractivity contribution in [3.63, 3.8) is 0 Å². The molecule has 2 heterocycles. The van der Waals surface area contributed by atoms with E-state index in [1.165, 1.54) is 23.9 Å². The van der Waals surface area contributed by atoms with Crippen LogP contribution in [0.1, 0.15) is 25.3 Å². The number of nitriles is 1. The molecule has 3 unspecified atom stereocenters. The SMILES string of the molecule is CCN1C(=O)C(CCNc2cccc(NC(=O)CN3CCc4cc(F)ccc43)c2)SC1CC(C#N)C(=O)NCC(F)(F)F. The molecule has 4 rings (SSSR count). The van der Waals surface area contributed by atoms with E-state index in [2.05, 4.69) is 10.6 Å². The van der Waals surface area contributed by atoms with Crippen molar-refractivity contribution >= 4 is 46.5 Å². The quantitative estimate of drug-likeness (QED) is 0.306. The maximum absolute atomic E-state index is 13.5. The van der Waals surface area contributed by atoms with Crippen LogP contribution in [0.3, 0.4) is 0 Å². The van der Waals surface area contributed by atoms with Crippen LogP contribution in [0.5, 0.6) is 0 Å². The van der Waals surface area contributed by atoms with E-state index in [0.29, 0.717) is 38.2 Å². The Morgan fingerprint density at radius 1 is 1.19 bits per heavy atom. The second-order valence-corrected chi connectivity index (χ2v) is 11.6. The first-order valence-electron chi connectivity index (χ1n) is 13.8. The summed E-state index contributed by atoms with van der Waals surface area (Å²) in [7, 11) is 0. The van der Waals surface area contributed by atoms with Crippen molar-refractivity contribution in [2.45, 2.75) is 43.0 Å². The third-order valence-electron chi connectivity index (χ3n) is 7.19. The minimum Gasteiger partial charge on any atom is -0.385 e. The highest BCUT2D eigenvalue weighted by atomic mass is 32.2. The summed E-state index contributed by atoms with van der Waals surface area (Å²) in [6, 6.07) is 13.4. The molecular formula is C29H32F4N6O3S. The summed E-state index contributed by atoms with van der Waals surface area (Å²) >= 11 is 1.29. The van der Waals surface area contributed by atoms with Crippen LogP contribution in [0.4, 0.5) is 34.6 Å². The Bertz CT molecular complexity index is 1380. The molecule has 0 spiro atoms. The number of nitrogens with zero attached hydrogens (tertiary/aromatic N) is 3. The zero-order valence-corrected chi connectivity index (χ0v) is 24.2. The van der Waals surface area contributed by atoms with Crippen molar-refractivity contribution in [1.29, 1.82) is 5.26 Å². The second-order valence-electron chi connectivity index (χ2n) is 10.2. The predicted molar refractivity (Wildman–Crippen MR) is 156 cm³/mol. The molecule has 0 aliphatic carbocycles. The molecular weight excluding hydrogens is 588 g/mol. The van der Waals surface area contributed by atoms with Gasteiger partial charge in [0.15, 0.2) is 0 Å². The lowest BCUT2D eigenvalue weighted by atomic mass is 10.1. The number of nitrogens with one attached hydrogen (secondary N) is 3. The Hall–Kier alpha value is -3.99. The number of thioether (sulfide) groups is 1. The fourth-order valence-electron chi connectivity index (χ4n) is 5.14. The van der Waals surface area contributed by atoms with Crippen molar-refractivity contribution < 1.29 is 31.9 Å². The average Bonchev–Trinajstić information content (AvgIpc) is 3.48. The molecule has 230 valence electrons. The smallest absolute Gasteiger partial charge is 0.385 e. The normalized spacial score (nSPS) is 18.7. The van der Waals surface area contributed by atoms with E-state index in [4.69, 9.17) is 0 Å². The van der Waals surface area contributed by atoms with Crippen molar-refractivity contribution in [3.05, 3.63) is 53.8 Å². The summed E-state index contributed by atoms with van der Waals surface area (Å²) in [5.74, 6) is -3.00. The van der Waals surface area contributed by atoms with Gasteiger partial charge in [-0.2, -0.15) is 18.4 Å². The van der Waals surface area contributed by atoms with Crippen LogP contribution in [0.15, 0.2) is 42.5 Å². The van der Waals surface area contributed by atoms with E-state index in [-0.39, 0.29) is 30.6 Å². The van der Waals surface area contributed by atoms with Crippen LogP contribution in [0, 0.1) is 23.1 Å². The number of carbonyl (C=O) groups is 3. The fraction of sp³-hybridized carbons (Fsp3) is 0.448. The molecule has 2 aromatic rings. The van der Waals surface area contributed by atoms with Crippen LogP contribution < -0.4 is 20.9 Å². The number of rotatable bonds is 12. The Kier molecular flexibility index (Phi) is 10.4. The monoisotopic (exact) mass is 620 g/mol. The maximum atomic E-state index is 13.5. The summed E-state index contributed by atoms with van der Waals surface area (Å²) in [5, 5.41) is 16.3. The van der Waals surface area contributed by atoms with Crippen molar-refractivity contribution in [2.75, 3.05) is 48.3 Å². The first-order valence-corrected chi connectivity index (χ1v) is 14.8. The van der Waals surface area contributed by atoms with Gasteiger partial charge in [0.1, 0.15) is 18.3 Å². The summed E-state index contributed by atoms with van der Waals surface area (Å²) < 4.78 is 50.9. The van der Waals surface area contributed by atoms with Gasteiger partial charge in [0.05, 0.1) is 23.2 Å². The van der Waals surface area contributed by atoms with Gasteiger partial charge in [-0.3, -0.25) is 14.4 Å². The Morgan fingerprint density at radius 3 is 2.67 bits per heavy atom. The van der Waals surface area contributed by atoms with Crippen molar-refractivity contribution in [3.8, 4) is 6.07 Å². The predicted octanol–water partition coefficient (Wildman–Crippen LogP) is 4.13. The molecule has 0 radical (unpaired) electrons. The molecule has 2 aromatic carbocycles. The lowest BCUT2D eigenvalue weighted by molar-refractivity contribution is -0.140.